The first-order chi connectivity index (χ1) is 13.1. The number of esters is 1. The Balaban J connectivity index is 1.80. The summed E-state index contributed by atoms with van der Waals surface area (Å²) in [6.07, 6.45) is 0.225. The Morgan fingerprint density at radius 1 is 1.15 bits per heavy atom. The predicted octanol–water partition coefficient (Wildman–Crippen LogP) is 2.82. The molecule has 7 nitrogen and oxygen atoms in total. The summed E-state index contributed by atoms with van der Waals surface area (Å²) < 4.78 is 18.0. The van der Waals surface area contributed by atoms with Gasteiger partial charge in [-0.2, -0.15) is 0 Å². The van der Waals surface area contributed by atoms with Gasteiger partial charge in [-0.15, -0.1) is 10.2 Å². The van der Waals surface area contributed by atoms with Gasteiger partial charge in [-0.3, -0.25) is 9.78 Å². The van der Waals surface area contributed by atoms with Crippen molar-refractivity contribution >= 4 is 17.6 Å². The summed E-state index contributed by atoms with van der Waals surface area (Å²) in [5, 5.41) is 10.8. The standard InChI is InChI=1S/C19H17FN4O3/c1-2-27-18(26)14-5-3-4-6-15(14)21-19-22-17(25)16(23-24-19)11-12-7-9-13(20)10-8-12/h3-10H,2,11H2,1H3,(H2,21,22,24,25). The van der Waals surface area contributed by atoms with Crippen LogP contribution in [-0.4, -0.2) is 27.8 Å². The lowest BCUT2D eigenvalue weighted by molar-refractivity contribution is 0.0527. The van der Waals surface area contributed by atoms with E-state index < -0.39 is 11.5 Å². The number of aromatic nitrogens is 3. The average molecular weight is 368 g/mol. The summed E-state index contributed by atoms with van der Waals surface area (Å²) in [7, 11) is 0. The number of carbonyl (C=O) groups excluding carboxylic acids is 1. The number of para-hydroxylation sites is 1. The minimum atomic E-state index is -0.483. The molecule has 0 unspecified atom stereocenters. The number of aromatic amines is 1. The molecule has 0 amide bonds. The maximum Gasteiger partial charge on any atom is 0.340 e. The molecule has 0 aliphatic carbocycles. The van der Waals surface area contributed by atoms with Crippen molar-refractivity contribution in [3.05, 3.63) is 81.5 Å². The highest BCUT2D eigenvalue weighted by Gasteiger charge is 2.13. The minimum Gasteiger partial charge on any atom is -0.462 e. The Labute approximate surface area is 154 Å². The average Bonchev–Trinajstić information content (AvgIpc) is 2.66. The van der Waals surface area contributed by atoms with Crippen LogP contribution < -0.4 is 10.9 Å². The van der Waals surface area contributed by atoms with Gasteiger partial charge in [0.25, 0.3) is 5.56 Å². The van der Waals surface area contributed by atoms with Crippen LogP contribution in [-0.2, 0) is 11.2 Å². The van der Waals surface area contributed by atoms with Crippen LogP contribution in [0.1, 0.15) is 28.5 Å². The quantitative estimate of drug-likeness (QED) is 0.650. The van der Waals surface area contributed by atoms with Crippen LogP contribution in [0, 0.1) is 5.82 Å². The maximum absolute atomic E-state index is 13.0. The van der Waals surface area contributed by atoms with Crippen LogP contribution in [0.4, 0.5) is 16.0 Å². The molecule has 2 aromatic carbocycles. The van der Waals surface area contributed by atoms with E-state index in [-0.39, 0.29) is 30.5 Å². The SMILES string of the molecule is CCOC(=O)c1ccccc1Nc1nnc(Cc2ccc(F)cc2)c(=O)[nH]1. The summed E-state index contributed by atoms with van der Waals surface area (Å²) >= 11 is 0. The van der Waals surface area contributed by atoms with Crippen molar-refractivity contribution in [1.29, 1.82) is 0 Å². The first kappa shape index (κ1) is 18.2. The number of hydrogen-bond donors (Lipinski definition) is 2. The number of rotatable bonds is 6. The largest absolute Gasteiger partial charge is 0.462 e. The van der Waals surface area contributed by atoms with Crippen molar-refractivity contribution in [3.63, 3.8) is 0 Å². The molecule has 0 radical (unpaired) electrons. The molecule has 0 aliphatic heterocycles. The predicted molar refractivity (Wildman–Crippen MR) is 97.5 cm³/mol. The van der Waals surface area contributed by atoms with E-state index in [9.17, 15) is 14.0 Å². The fraction of sp³-hybridized carbons (Fsp3) is 0.158. The van der Waals surface area contributed by atoms with Crippen LogP contribution in [0.3, 0.4) is 0 Å². The highest BCUT2D eigenvalue weighted by atomic mass is 19.1. The zero-order valence-corrected chi connectivity index (χ0v) is 14.5. The third-order valence-corrected chi connectivity index (χ3v) is 3.73. The first-order valence-corrected chi connectivity index (χ1v) is 8.30. The second-order valence-electron chi connectivity index (χ2n) is 5.64. The molecule has 138 valence electrons. The molecule has 0 saturated carbocycles. The lowest BCUT2D eigenvalue weighted by atomic mass is 10.1. The second-order valence-corrected chi connectivity index (χ2v) is 5.64. The lowest BCUT2D eigenvalue weighted by Gasteiger charge is -2.10. The lowest BCUT2D eigenvalue weighted by Crippen LogP contribution is -2.19. The number of anilines is 2. The van der Waals surface area contributed by atoms with E-state index in [4.69, 9.17) is 4.74 Å². The number of ether oxygens (including phenoxy) is 1. The van der Waals surface area contributed by atoms with Gasteiger partial charge in [0.15, 0.2) is 0 Å². The highest BCUT2D eigenvalue weighted by Crippen LogP contribution is 2.19. The van der Waals surface area contributed by atoms with Crippen molar-refractivity contribution in [2.24, 2.45) is 0 Å². The number of nitrogens with zero attached hydrogens (tertiary/aromatic N) is 2. The molecule has 0 atom stereocenters. The van der Waals surface area contributed by atoms with Gasteiger partial charge >= 0.3 is 5.97 Å². The number of carbonyl (C=O) groups is 1. The Hall–Kier alpha value is -3.55. The monoisotopic (exact) mass is 368 g/mol. The van der Waals surface area contributed by atoms with E-state index in [1.165, 1.54) is 12.1 Å². The Morgan fingerprint density at radius 2 is 1.89 bits per heavy atom. The van der Waals surface area contributed by atoms with Crippen molar-refractivity contribution < 1.29 is 13.9 Å². The Kier molecular flexibility index (Phi) is 5.55. The van der Waals surface area contributed by atoms with Gasteiger partial charge in [0.2, 0.25) is 5.95 Å². The van der Waals surface area contributed by atoms with Crippen molar-refractivity contribution in [2.75, 3.05) is 11.9 Å². The van der Waals surface area contributed by atoms with Gasteiger partial charge in [0.1, 0.15) is 11.5 Å². The molecule has 3 aromatic rings. The molecular formula is C19H17FN4O3. The molecule has 0 fully saturated rings. The zero-order valence-electron chi connectivity index (χ0n) is 14.5. The van der Waals surface area contributed by atoms with Gasteiger partial charge < -0.3 is 10.1 Å². The minimum absolute atomic E-state index is 0.0969. The molecule has 3 rings (SSSR count). The number of benzene rings is 2. The zero-order chi connectivity index (χ0) is 19.2. The molecule has 2 N–H and O–H groups in total. The molecule has 1 heterocycles. The fourth-order valence-electron chi connectivity index (χ4n) is 2.43. The van der Waals surface area contributed by atoms with Gasteiger partial charge in [0, 0.05) is 6.42 Å². The summed E-state index contributed by atoms with van der Waals surface area (Å²) in [4.78, 5) is 26.9. The second kappa shape index (κ2) is 8.22. The molecule has 0 saturated heterocycles. The van der Waals surface area contributed by atoms with Gasteiger partial charge in [-0.1, -0.05) is 24.3 Å². The van der Waals surface area contributed by atoms with Crippen LogP contribution in [0.5, 0.6) is 0 Å². The van der Waals surface area contributed by atoms with E-state index >= 15 is 0 Å². The van der Waals surface area contributed by atoms with Crippen LogP contribution in [0.2, 0.25) is 0 Å². The molecule has 0 aliphatic rings. The molecule has 0 spiro atoms. The van der Waals surface area contributed by atoms with E-state index in [1.54, 1.807) is 43.3 Å². The maximum atomic E-state index is 13.0. The highest BCUT2D eigenvalue weighted by molar-refractivity contribution is 5.96. The Bertz CT molecular complexity index is 1000. The van der Waals surface area contributed by atoms with Crippen molar-refractivity contribution in [2.45, 2.75) is 13.3 Å². The van der Waals surface area contributed by atoms with Gasteiger partial charge in [-0.05, 0) is 36.8 Å². The molecule has 1 aromatic heterocycles. The third-order valence-electron chi connectivity index (χ3n) is 3.73. The molecule has 8 heteroatoms. The number of hydrogen-bond acceptors (Lipinski definition) is 6. The molecule has 27 heavy (non-hydrogen) atoms. The van der Waals surface area contributed by atoms with E-state index in [1.807, 2.05) is 0 Å². The topological polar surface area (TPSA) is 97.0 Å². The molecular weight excluding hydrogens is 351 g/mol. The van der Waals surface area contributed by atoms with E-state index in [0.717, 1.165) is 5.56 Å². The Morgan fingerprint density at radius 3 is 2.59 bits per heavy atom. The van der Waals surface area contributed by atoms with Crippen molar-refractivity contribution in [3.8, 4) is 0 Å². The van der Waals surface area contributed by atoms with Crippen molar-refractivity contribution in [1.82, 2.24) is 15.2 Å². The smallest absolute Gasteiger partial charge is 0.340 e. The number of nitrogens with one attached hydrogen (secondary N) is 2. The van der Waals surface area contributed by atoms with Crippen LogP contribution in [0.25, 0.3) is 0 Å². The third kappa shape index (κ3) is 4.55. The van der Waals surface area contributed by atoms with Crippen LogP contribution in [0.15, 0.2) is 53.3 Å². The summed E-state index contributed by atoms with van der Waals surface area (Å²) in [5.74, 6) is -0.734. The number of halogens is 1. The van der Waals surface area contributed by atoms with Gasteiger partial charge in [-0.25, -0.2) is 9.18 Å². The van der Waals surface area contributed by atoms with Crippen LogP contribution >= 0.6 is 0 Å². The first-order valence-electron chi connectivity index (χ1n) is 8.30. The summed E-state index contributed by atoms with van der Waals surface area (Å²) in [6, 6.07) is 12.5. The number of H-pyrrole nitrogens is 1. The normalized spacial score (nSPS) is 10.4. The summed E-state index contributed by atoms with van der Waals surface area (Å²) in [6.45, 7) is 1.97. The van der Waals surface area contributed by atoms with E-state index in [0.29, 0.717) is 11.3 Å². The van der Waals surface area contributed by atoms with Gasteiger partial charge in [0.05, 0.1) is 17.9 Å². The fourth-order valence-corrected chi connectivity index (χ4v) is 2.43. The summed E-state index contributed by atoms with van der Waals surface area (Å²) in [5.41, 5.74) is 1.27. The molecule has 0 bridgehead atoms. The van der Waals surface area contributed by atoms with E-state index in [2.05, 4.69) is 20.5 Å².